The van der Waals surface area contributed by atoms with Crippen molar-refractivity contribution in [3.8, 4) is 0 Å². The Bertz CT molecular complexity index is 381. The number of hydrogen-bond donors (Lipinski definition) is 2. The SMILES string of the molecule is CCCN(CC)CCNC(=O)c1cccnc1N. The molecule has 0 saturated heterocycles. The van der Waals surface area contributed by atoms with Crippen LogP contribution in [0.15, 0.2) is 18.3 Å². The highest BCUT2D eigenvalue weighted by Gasteiger charge is 2.09. The van der Waals surface area contributed by atoms with E-state index in [-0.39, 0.29) is 11.7 Å². The number of nitrogen functional groups attached to an aromatic ring is 1. The number of rotatable bonds is 7. The molecule has 0 atom stereocenters. The van der Waals surface area contributed by atoms with Gasteiger partial charge in [0.15, 0.2) is 0 Å². The Morgan fingerprint density at radius 2 is 2.22 bits per heavy atom. The van der Waals surface area contributed by atoms with Crippen LogP contribution in [0.25, 0.3) is 0 Å². The van der Waals surface area contributed by atoms with Gasteiger partial charge in [-0.25, -0.2) is 4.98 Å². The lowest BCUT2D eigenvalue weighted by Gasteiger charge is -2.19. The maximum Gasteiger partial charge on any atom is 0.255 e. The van der Waals surface area contributed by atoms with E-state index < -0.39 is 0 Å². The minimum absolute atomic E-state index is 0.159. The molecule has 0 aliphatic heterocycles. The summed E-state index contributed by atoms with van der Waals surface area (Å²) >= 11 is 0. The average molecular weight is 250 g/mol. The van der Waals surface area contributed by atoms with Gasteiger partial charge in [-0.05, 0) is 31.6 Å². The molecule has 0 spiro atoms. The highest BCUT2D eigenvalue weighted by molar-refractivity contribution is 5.98. The lowest BCUT2D eigenvalue weighted by molar-refractivity contribution is 0.0949. The smallest absolute Gasteiger partial charge is 0.255 e. The standard InChI is InChI=1S/C13H22N4O/c1-3-9-17(4-2)10-8-16-13(18)11-6-5-7-15-12(11)14/h5-7H,3-4,8-10H2,1-2H3,(H2,14,15)(H,16,18). The zero-order valence-corrected chi connectivity index (χ0v) is 11.1. The maximum atomic E-state index is 11.8. The fourth-order valence-corrected chi connectivity index (χ4v) is 1.78. The van der Waals surface area contributed by atoms with Gasteiger partial charge < -0.3 is 16.0 Å². The van der Waals surface area contributed by atoms with Crippen LogP contribution in [-0.4, -0.2) is 42.0 Å². The van der Waals surface area contributed by atoms with Crippen LogP contribution in [0.3, 0.4) is 0 Å². The van der Waals surface area contributed by atoms with Gasteiger partial charge in [0.05, 0.1) is 5.56 Å². The van der Waals surface area contributed by atoms with Crippen LogP contribution in [0.1, 0.15) is 30.6 Å². The second-order valence-electron chi connectivity index (χ2n) is 4.13. The number of carbonyl (C=O) groups is 1. The Kier molecular flexibility index (Phi) is 6.14. The van der Waals surface area contributed by atoms with Crippen molar-refractivity contribution in [3.05, 3.63) is 23.9 Å². The molecule has 0 saturated carbocycles. The normalized spacial score (nSPS) is 10.6. The molecule has 5 nitrogen and oxygen atoms in total. The first kappa shape index (κ1) is 14.4. The number of hydrogen-bond acceptors (Lipinski definition) is 4. The fraction of sp³-hybridized carbons (Fsp3) is 0.538. The van der Waals surface area contributed by atoms with Gasteiger partial charge in [0, 0.05) is 19.3 Å². The Morgan fingerprint density at radius 3 is 2.83 bits per heavy atom. The molecule has 1 aromatic rings. The number of nitrogens with zero attached hydrogens (tertiary/aromatic N) is 2. The molecule has 0 fully saturated rings. The third-order valence-electron chi connectivity index (χ3n) is 2.78. The molecule has 0 bridgehead atoms. The van der Waals surface area contributed by atoms with Crippen LogP contribution in [0.2, 0.25) is 0 Å². The van der Waals surface area contributed by atoms with Crippen molar-refractivity contribution in [2.75, 3.05) is 31.9 Å². The van der Waals surface area contributed by atoms with Crippen LogP contribution >= 0.6 is 0 Å². The van der Waals surface area contributed by atoms with E-state index in [4.69, 9.17) is 5.73 Å². The third kappa shape index (κ3) is 4.33. The number of anilines is 1. The average Bonchev–Trinajstić information content (AvgIpc) is 2.38. The number of nitrogens with one attached hydrogen (secondary N) is 1. The molecule has 100 valence electrons. The van der Waals surface area contributed by atoms with E-state index in [1.807, 2.05) is 0 Å². The topological polar surface area (TPSA) is 71.2 Å². The molecule has 5 heteroatoms. The van der Waals surface area contributed by atoms with Gasteiger partial charge in [0.2, 0.25) is 0 Å². The van der Waals surface area contributed by atoms with Gasteiger partial charge in [-0.1, -0.05) is 13.8 Å². The second kappa shape index (κ2) is 7.66. The summed E-state index contributed by atoms with van der Waals surface area (Å²) in [4.78, 5) is 18.0. The van der Waals surface area contributed by atoms with Crippen LogP contribution in [0.5, 0.6) is 0 Å². The number of aromatic nitrogens is 1. The number of likely N-dealkylation sites (N-methyl/N-ethyl adjacent to an activating group) is 1. The molecule has 1 amide bonds. The summed E-state index contributed by atoms with van der Waals surface area (Å²) in [5.41, 5.74) is 6.09. The lowest BCUT2D eigenvalue weighted by Crippen LogP contribution is -2.35. The monoisotopic (exact) mass is 250 g/mol. The molecule has 1 rings (SSSR count). The molecule has 18 heavy (non-hydrogen) atoms. The largest absolute Gasteiger partial charge is 0.383 e. The van der Waals surface area contributed by atoms with E-state index >= 15 is 0 Å². The number of amides is 1. The summed E-state index contributed by atoms with van der Waals surface area (Å²) in [6.45, 7) is 7.81. The first-order valence-electron chi connectivity index (χ1n) is 6.40. The summed E-state index contributed by atoms with van der Waals surface area (Å²) in [6, 6.07) is 3.39. The zero-order valence-electron chi connectivity index (χ0n) is 11.1. The third-order valence-corrected chi connectivity index (χ3v) is 2.78. The van der Waals surface area contributed by atoms with E-state index in [0.717, 1.165) is 26.1 Å². The molecule has 0 radical (unpaired) electrons. The summed E-state index contributed by atoms with van der Waals surface area (Å²) in [6.07, 6.45) is 2.70. The van der Waals surface area contributed by atoms with Gasteiger partial charge in [-0.3, -0.25) is 4.79 Å². The Morgan fingerprint density at radius 1 is 1.44 bits per heavy atom. The minimum atomic E-state index is -0.159. The van der Waals surface area contributed by atoms with E-state index in [9.17, 15) is 4.79 Å². The summed E-state index contributed by atoms with van der Waals surface area (Å²) < 4.78 is 0. The van der Waals surface area contributed by atoms with Gasteiger partial charge in [0.25, 0.3) is 5.91 Å². The zero-order chi connectivity index (χ0) is 13.4. The van der Waals surface area contributed by atoms with Crippen molar-refractivity contribution < 1.29 is 4.79 Å². The van der Waals surface area contributed by atoms with E-state index in [1.165, 1.54) is 0 Å². The Balaban J connectivity index is 2.40. The van der Waals surface area contributed by atoms with Crippen LogP contribution < -0.4 is 11.1 Å². The Hall–Kier alpha value is -1.62. The molecule has 0 unspecified atom stereocenters. The van der Waals surface area contributed by atoms with Crippen LogP contribution in [-0.2, 0) is 0 Å². The van der Waals surface area contributed by atoms with E-state index in [2.05, 4.69) is 29.0 Å². The first-order chi connectivity index (χ1) is 8.69. The predicted octanol–water partition coefficient (Wildman–Crippen LogP) is 1.13. The molecular weight excluding hydrogens is 228 g/mol. The van der Waals surface area contributed by atoms with Crippen molar-refractivity contribution in [2.24, 2.45) is 0 Å². The fourth-order valence-electron chi connectivity index (χ4n) is 1.78. The summed E-state index contributed by atoms with van der Waals surface area (Å²) in [7, 11) is 0. The van der Waals surface area contributed by atoms with Gasteiger partial charge in [-0.15, -0.1) is 0 Å². The highest BCUT2D eigenvalue weighted by atomic mass is 16.1. The number of nitrogens with two attached hydrogens (primary N) is 1. The summed E-state index contributed by atoms with van der Waals surface area (Å²) in [5, 5.41) is 2.86. The molecule has 0 aromatic carbocycles. The maximum absolute atomic E-state index is 11.8. The summed E-state index contributed by atoms with van der Waals surface area (Å²) in [5.74, 6) is 0.115. The van der Waals surface area contributed by atoms with Crippen molar-refractivity contribution in [1.82, 2.24) is 15.2 Å². The quantitative estimate of drug-likeness (QED) is 0.761. The number of carbonyl (C=O) groups excluding carboxylic acids is 1. The van der Waals surface area contributed by atoms with E-state index in [0.29, 0.717) is 12.1 Å². The molecule has 0 aliphatic rings. The minimum Gasteiger partial charge on any atom is -0.383 e. The molecule has 0 aliphatic carbocycles. The van der Waals surface area contributed by atoms with Crippen LogP contribution in [0.4, 0.5) is 5.82 Å². The van der Waals surface area contributed by atoms with E-state index in [1.54, 1.807) is 18.3 Å². The first-order valence-corrected chi connectivity index (χ1v) is 6.40. The van der Waals surface area contributed by atoms with Crippen molar-refractivity contribution in [1.29, 1.82) is 0 Å². The molecular formula is C13H22N4O. The molecule has 1 aromatic heterocycles. The number of pyridine rings is 1. The van der Waals surface area contributed by atoms with Crippen molar-refractivity contribution >= 4 is 11.7 Å². The molecule has 1 heterocycles. The van der Waals surface area contributed by atoms with Crippen molar-refractivity contribution in [3.63, 3.8) is 0 Å². The van der Waals surface area contributed by atoms with Crippen LogP contribution in [0, 0.1) is 0 Å². The molecule has 3 N–H and O–H groups in total. The predicted molar refractivity (Wildman–Crippen MR) is 73.4 cm³/mol. The Labute approximate surface area is 108 Å². The van der Waals surface area contributed by atoms with Crippen molar-refractivity contribution in [2.45, 2.75) is 20.3 Å². The highest BCUT2D eigenvalue weighted by Crippen LogP contribution is 2.05. The van der Waals surface area contributed by atoms with Gasteiger partial charge in [-0.2, -0.15) is 0 Å². The second-order valence-corrected chi connectivity index (χ2v) is 4.13. The van der Waals surface area contributed by atoms with Gasteiger partial charge in [0.1, 0.15) is 5.82 Å². The lowest BCUT2D eigenvalue weighted by atomic mass is 10.2. The van der Waals surface area contributed by atoms with Gasteiger partial charge >= 0.3 is 0 Å².